The van der Waals surface area contributed by atoms with E-state index in [9.17, 15) is 28.8 Å². The molecule has 7 aromatic carbocycles. The van der Waals surface area contributed by atoms with Crippen molar-refractivity contribution in [1.29, 1.82) is 0 Å². The molecule has 5 aliphatic rings. The summed E-state index contributed by atoms with van der Waals surface area (Å²) in [6, 6.07) is 24.3. The van der Waals surface area contributed by atoms with Crippen molar-refractivity contribution in [2.45, 2.75) is 143 Å². The number of carbonyl (C=O) groups is 6. The molecule has 89 heavy (non-hydrogen) atoms. The minimum Gasteiger partial charge on any atom is -0.452 e. The third-order valence-electron chi connectivity index (χ3n) is 19.2. The Morgan fingerprint density at radius 2 is 0.876 bits per heavy atom. The van der Waals surface area contributed by atoms with Gasteiger partial charge >= 0.3 is 0 Å². The Balaban J connectivity index is 0.863. The van der Waals surface area contributed by atoms with E-state index in [-0.39, 0.29) is 95.1 Å². The normalized spacial score (nSPS) is 16.4. The standard InChI is InChI=1S/C72H66N6O11/c1-10-11-12-13-14-18-30-74-60(79)46-35-48-49(36-47(46)61(74)80)65(84)76(64(48)83)54-34-38(71(5,6)7)32-51-59(54)89-58-50(72(51,8)9)31-37(70(2,3)4)33-53(58)75-62(81)42-22-24-44-57-45(25-23-43(56(42)57)63(75)82)69(88)78(68(44)87)77-66(85)40-21-19-20-39-52(73-28-16-15-17-29-73)27-26-41(55(39)40)67(77)86/h19-27,31-36H,10-18,28-30H2,1-9H3. The van der Waals surface area contributed by atoms with E-state index >= 15 is 19.2 Å². The number of anilines is 2. The van der Waals surface area contributed by atoms with Gasteiger partial charge in [-0.1, -0.05) is 119 Å². The second kappa shape index (κ2) is 19.9. The molecule has 5 aliphatic heterocycles. The molecular formula is C72H66N6O11. The summed E-state index contributed by atoms with van der Waals surface area (Å²) < 4.78 is 9.32. The van der Waals surface area contributed by atoms with Crippen molar-refractivity contribution in [2.24, 2.45) is 0 Å². The van der Waals surface area contributed by atoms with Crippen LogP contribution in [0.3, 0.4) is 0 Å². The van der Waals surface area contributed by atoms with Crippen molar-refractivity contribution in [3.8, 4) is 17.2 Å². The number of fused-ring (bicyclic) bond motifs is 4. The van der Waals surface area contributed by atoms with Gasteiger partial charge < -0.3 is 9.64 Å². The summed E-state index contributed by atoms with van der Waals surface area (Å²) in [5.74, 6) is -5.15. The maximum atomic E-state index is 15.6. The van der Waals surface area contributed by atoms with Gasteiger partial charge in [0.1, 0.15) is 0 Å². The lowest BCUT2D eigenvalue weighted by Crippen LogP contribution is -2.58. The first-order valence-electron chi connectivity index (χ1n) is 30.9. The van der Waals surface area contributed by atoms with Gasteiger partial charge in [0.05, 0.1) is 55.2 Å². The van der Waals surface area contributed by atoms with Crippen LogP contribution in [0.2, 0.25) is 0 Å². The van der Waals surface area contributed by atoms with Gasteiger partial charge in [-0.3, -0.25) is 52.5 Å². The fourth-order valence-electron chi connectivity index (χ4n) is 14.2. The number of unbranched alkanes of at least 4 members (excludes halogenated alkanes) is 5. The van der Waals surface area contributed by atoms with Gasteiger partial charge in [-0.15, -0.1) is 0 Å². The summed E-state index contributed by atoms with van der Waals surface area (Å²) in [4.78, 5) is 152. The molecule has 6 amide bonds. The summed E-state index contributed by atoms with van der Waals surface area (Å²) in [6.07, 6.45) is 8.85. The van der Waals surface area contributed by atoms with Crippen molar-refractivity contribution in [1.82, 2.24) is 19.2 Å². The number of hydrogen-bond donors (Lipinski definition) is 0. The van der Waals surface area contributed by atoms with Gasteiger partial charge in [-0.2, -0.15) is 10.0 Å². The van der Waals surface area contributed by atoms with Gasteiger partial charge in [0, 0.05) is 74.5 Å². The molecule has 17 heteroatoms. The first-order valence-corrected chi connectivity index (χ1v) is 30.9. The molecule has 14 rings (SSSR count). The summed E-state index contributed by atoms with van der Waals surface area (Å²) >= 11 is 0. The molecule has 0 N–H and O–H groups in total. The lowest BCUT2D eigenvalue weighted by atomic mass is 9.71. The fourth-order valence-corrected chi connectivity index (χ4v) is 14.2. The van der Waals surface area contributed by atoms with E-state index in [2.05, 4.69) is 11.8 Å². The van der Waals surface area contributed by atoms with E-state index in [1.165, 1.54) is 41.0 Å². The number of ether oxygens (including phenoxy) is 1. The number of piperidine rings is 1. The Kier molecular flexibility index (Phi) is 12.8. The molecule has 0 unspecified atom stereocenters. The zero-order valence-corrected chi connectivity index (χ0v) is 51.3. The Morgan fingerprint density at radius 3 is 1.39 bits per heavy atom. The summed E-state index contributed by atoms with van der Waals surface area (Å²) in [5.41, 5.74) is -0.959. The highest BCUT2D eigenvalue weighted by atomic mass is 16.5. The van der Waals surface area contributed by atoms with Crippen LogP contribution in [0, 0.1) is 0 Å². The van der Waals surface area contributed by atoms with Crippen LogP contribution >= 0.6 is 0 Å². The van der Waals surface area contributed by atoms with Crippen molar-refractivity contribution >= 4 is 89.9 Å². The number of benzene rings is 7. The van der Waals surface area contributed by atoms with E-state index in [4.69, 9.17) is 4.74 Å². The SMILES string of the molecule is CCCCCCCCn1c(=O)c2cc3c(=O)n(-c4cc(C(C)(C)C)cc5c4Oc4c(N6C(=O)c7ccc8c9c(ccc(c79)C6=O)C(=O)N(N6C(=O)c7cccc9c(N%10CCCCC%10)ccc(c79)C6=O)C8=O)cc(C(C)(C)C)cc4C5(C)C)c(=O)c3cc2c1=O. The van der Waals surface area contributed by atoms with E-state index in [1.54, 1.807) is 30.3 Å². The average Bonchev–Trinajstić information content (AvgIpc) is 0.951. The van der Waals surface area contributed by atoms with Crippen LogP contribution < -0.4 is 36.8 Å². The number of imide groups is 3. The maximum Gasteiger partial charge on any atom is 0.281 e. The average molecular weight is 1190 g/mol. The van der Waals surface area contributed by atoms with Gasteiger partial charge in [0.25, 0.3) is 57.7 Å². The van der Waals surface area contributed by atoms with Crippen molar-refractivity contribution in [3.05, 3.63) is 188 Å². The van der Waals surface area contributed by atoms with Gasteiger partial charge in [-0.25, -0.2) is 9.47 Å². The van der Waals surface area contributed by atoms with Crippen LogP contribution in [0.25, 0.3) is 48.8 Å². The molecule has 2 aromatic heterocycles. The van der Waals surface area contributed by atoms with Crippen molar-refractivity contribution in [3.63, 3.8) is 0 Å². The van der Waals surface area contributed by atoms with E-state index in [1.807, 2.05) is 79.7 Å². The smallest absolute Gasteiger partial charge is 0.281 e. The Labute approximate surface area is 511 Å². The minimum atomic E-state index is -1.03. The number of carbonyl (C=O) groups excluding carboxylic acids is 6. The molecule has 0 bridgehead atoms. The summed E-state index contributed by atoms with van der Waals surface area (Å²) in [6.45, 7) is 19.9. The third kappa shape index (κ3) is 8.25. The van der Waals surface area contributed by atoms with Gasteiger partial charge in [0.15, 0.2) is 11.5 Å². The largest absolute Gasteiger partial charge is 0.452 e. The van der Waals surface area contributed by atoms with Gasteiger partial charge in [0.2, 0.25) is 0 Å². The van der Waals surface area contributed by atoms with Crippen molar-refractivity contribution in [2.75, 3.05) is 22.9 Å². The molecule has 0 spiro atoms. The quantitative estimate of drug-likeness (QED) is 0.0877. The van der Waals surface area contributed by atoms with E-state index < -0.39 is 73.9 Å². The molecule has 1 fully saturated rings. The zero-order valence-electron chi connectivity index (χ0n) is 51.3. The Bertz CT molecular complexity index is 4800. The molecule has 0 saturated carbocycles. The highest BCUT2D eigenvalue weighted by Gasteiger charge is 2.49. The molecular weight excluding hydrogens is 1120 g/mol. The lowest BCUT2D eigenvalue weighted by molar-refractivity contribution is 0.00212. The van der Waals surface area contributed by atoms with Crippen LogP contribution in [-0.4, -0.2) is 67.7 Å². The maximum absolute atomic E-state index is 15.6. The van der Waals surface area contributed by atoms with Crippen LogP contribution in [0.4, 0.5) is 11.4 Å². The summed E-state index contributed by atoms with van der Waals surface area (Å²) in [5, 5.41) is 2.37. The van der Waals surface area contributed by atoms with E-state index in [0.29, 0.717) is 38.3 Å². The van der Waals surface area contributed by atoms with Crippen LogP contribution in [0.5, 0.6) is 11.5 Å². The molecule has 0 atom stereocenters. The topological polar surface area (TPSA) is 203 Å². The van der Waals surface area contributed by atoms with Crippen LogP contribution in [-0.2, 0) is 22.8 Å². The molecule has 1 saturated heterocycles. The predicted octanol–water partition coefficient (Wildman–Crippen LogP) is 12.2. The highest BCUT2D eigenvalue weighted by molar-refractivity contribution is 6.40. The Morgan fingerprint density at radius 1 is 0.438 bits per heavy atom. The second-order valence-electron chi connectivity index (χ2n) is 27.2. The highest BCUT2D eigenvalue weighted by Crippen LogP contribution is 2.56. The zero-order chi connectivity index (χ0) is 62.8. The fraction of sp³-hybridized carbons (Fsp3) is 0.333. The van der Waals surface area contributed by atoms with Crippen LogP contribution in [0.15, 0.2) is 110 Å². The number of amides is 6. The minimum absolute atomic E-state index is 0.0136. The molecule has 0 aliphatic carbocycles. The van der Waals surface area contributed by atoms with Gasteiger partial charge in [-0.05, 0) is 114 Å². The third-order valence-corrected chi connectivity index (χ3v) is 19.2. The lowest BCUT2D eigenvalue weighted by Gasteiger charge is -2.40. The number of hydrazine groups is 1. The number of aromatic nitrogens is 2. The second-order valence-corrected chi connectivity index (χ2v) is 27.2. The first kappa shape index (κ1) is 57.1. The molecule has 450 valence electrons. The number of rotatable bonds is 11. The molecule has 0 radical (unpaired) electrons. The molecule has 9 aromatic rings. The predicted molar refractivity (Wildman–Crippen MR) is 342 cm³/mol. The number of hydrogen-bond acceptors (Lipinski definition) is 12. The Hall–Kier alpha value is -9.64. The van der Waals surface area contributed by atoms with Crippen molar-refractivity contribution < 1.29 is 33.5 Å². The van der Waals surface area contributed by atoms with E-state index in [0.717, 1.165) is 90.7 Å². The number of nitrogens with zero attached hydrogens (tertiary/aromatic N) is 6. The molecule has 7 heterocycles. The summed E-state index contributed by atoms with van der Waals surface area (Å²) in [7, 11) is 0. The van der Waals surface area contributed by atoms with Crippen LogP contribution in [0.1, 0.15) is 205 Å². The first-order chi connectivity index (χ1) is 42.3. The molecule has 17 nitrogen and oxygen atoms in total. The monoisotopic (exact) mass is 1190 g/mol.